The van der Waals surface area contributed by atoms with Gasteiger partial charge in [-0.15, -0.1) is 0 Å². The number of benzene rings is 1. The standard InChI is InChI=1S/C14H19NO/c1-4-15(14(16)12-5-6-12)13-8-10(2)7-11(3)9-13/h7-9,12H,4-6H2,1-3H3. The van der Waals surface area contributed by atoms with Gasteiger partial charge in [0.1, 0.15) is 0 Å². The Morgan fingerprint density at radius 2 is 1.81 bits per heavy atom. The average molecular weight is 217 g/mol. The van der Waals surface area contributed by atoms with Crippen molar-refractivity contribution in [3.8, 4) is 0 Å². The molecule has 0 aliphatic heterocycles. The molecular weight excluding hydrogens is 198 g/mol. The van der Waals surface area contributed by atoms with Crippen molar-refractivity contribution >= 4 is 11.6 Å². The summed E-state index contributed by atoms with van der Waals surface area (Å²) in [5.74, 6) is 0.591. The maximum Gasteiger partial charge on any atom is 0.230 e. The fraction of sp³-hybridized carbons (Fsp3) is 0.500. The van der Waals surface area contributed by atoms with E-state index in [1.807, 2.05) is 11.8 Å². The van der Waals surface area contributed by atoms with Crippen LogP contribution < -0.4 is 4.90 Å². The largest absolute Gasteiger partial charge is 0.312 e. The number of rotatable bonds is 3. The Balaban J connectivity index is 2.28. The number of carbonyl (C=O) groups is 1. The first kappa shape index (κ1) is 11.2. The number of hydrogen-bond acceptors (Lipinski definition) is 1. The van der Waals surface area contributed by atoms with E-state index in [1.54, 1.807) is 0 Å². The van der Waals surface area contributed by atoms with E-state index < -0.39 is 0 Å². The lowest BCUT2D eigenvalue weighted by Crippen LogP contribution is -2.31. The van der Waals surface area contributed by atoms with Crippen LogP contribution in [-0.2, 0) is 4.79 Å². The Labute approximate surface area is 97.3 Å². The summed E-state index contributed by atoms with van der Waals surface area (Å²) in [6, 6.07) is 6.33. The highest BCUT2D eigenvalue weighted by molar-refractivity contribution is 5.96. The van der Waals surface area contributed by atoms with Gasteiger partial charge in [0.05, 0.1) is 0 Å². The minimum absolute atomic E-state index is 0.292. The summed E-state index contributed by atoms with van der Waals surface area (Å²) in [6.45, 7) is 6.95. The quantitative estimate of drug-likeness (QED) is 0.762. The smallest absolute Gasteiger partial charge is 0.230 e. The molecule has 1 amide bonds. The maximum absolute atomic E-state index is 12.1. The summed E-state index contributed by atoms with van der Waals surface area (Å²) < 4.78 is 0. The topological polar surface area (TPSA) is 20.3 Å². The number of hydrogen-bond donors (Lipinski definition) is 0. The van der Waals surface area contributed by atoms with Crippen molar-refractivity contribution in [3.63, 3.8) is 0 Å². The molecule has 1 saturated carbocycles. The van der Waals surface area contributed by atoms with Gasteiger partial charge in [-0.25, -0.2) is 0 Å². The molecule has 0 aromatic heterocycles. The van der Waals surface area contributed by atoms with Crippen molar-refractivity contribution in [2.24, 2.45) is 5.92 Å². The molecule has 0 atom stereocenters. The average Bonchev–Trinajstić information content (AvgIpc) is 2.99. The summed E-state index contributed by atoms with van der Waals surface area (Å²) in [7, 11) is 0. The molecule has 1 aliphatic rings. The van der Waals surface area contributed by atoms with Crippen LogP contribution in [0.15, 0.2) is 18.2 Å². The molecule has 1 aromatic carbocycles. The molecule has 0 spiro atoms. The van der Waals surface area contributed by atoms with Gasteiger partial charge in [-0.3, -0.25) is 4.79 Å². The SMILES string of the molecule is CCN(C(=O)C1CC1)c1cc(C)cc(C)c1. The van der Waals surface area contributed by atoms with E-state index in [-0.39, 0.29) is 0 Å². The zero-order chi connectivity index (χ0) is 11.7. The third-order valence-electron chi connectivity index (χ3n) is 3.03. The number of aryl methyl sites for hydroxylation is 2. The first-order chi connectivity index (χ1) is 7.61. The number of carbonyl (C=O) groups excluding carboxylic acids is 1. The summed E-state index contributed by atoms with van der Waals surface area (Å²) in [5, 5.41) is 0. The maximum atomic E-state index is 12.1. The third-order valence-corrected chi connectivity index (χ3v) is 3.03. The van der Waals surface area contributed by atoms with Crippen molar-refractivity contribution in [1.82, 2.24) is 0 Å². The Morgan fingerprint density at radius 1 is 1.25 bits per heavy atom. The van der Waals surface area contributed by atoms with Crippen LogP contribution in [0.2, 0.25) is 0 Å². The molecule has 2 nitrogen and oxygen atoms in total. The molecule has 1 aromatic rings. The van der Waals surface area contributed by atoms with E-state index in [0.717, 1.165) is 25.1 Å². The predicted octanol–water partition coefficient (Wildman–Crippen LogP) is 3.07. The van der Waals surface area contributed by atoms with Crippen molar-refractivity contribution in [2.45, 2.75) is 33.6 Å². The summed E-state index contributed by atoms with van der Waals surface area (Å²) in [5.41, 5.74) is 3.49. The van der Waals surface area contributed by atoms with Gasteiger partial charge in [-0.05, 0) is 56.9 Å². The third kappa shape index (κ3) is 2.26. The highest BCUT2D eigenvalue weighted by atomic mass is 16.2. The summed E-state index contributed by atoms with van der Waals surface area (Å²) in [4.78, 5) is 14.0. The van der Waals surface area contributed by atoms with Crippen molar-refractivity contribution in [1.29, 1.82) is 0 Å². The molecule has 0 heterocycles. The molecule has 0 N–H and O–H groups in total. The van der Waals surface area contributed by atoms with Gasteiger partial charge < -0.3 is 4.90 Å². The lowest BCUT2D eigenvalue weighted by atomic mass is 10.1. The highest BCUT2D eigenvalue weighted by Gasteiger charge is 2.33. The fourth-order valence-electron chi connectivity index (χ4n) is 2.12. The van der Waals surface area contributed by atoms with E-state index in [9.17, 15) is 4.79 Å². The van der Waals surface area contributed by atoms with Crippen LogP contribution in [0, 0.1) is 19.8 Å². The fourth-order valence-corrected chi connectivity index (χ4v) is 2.12. The van der Waals surface area contributed by atoms with Crippen molar-refractivity contribution < 1.29 is 4.79 Å². The second kappa shape index (κ2) is 4.28. The lowest BCUT2D eigenvalue weighted by Gasteiger charge is -2.22. The molecule has 2 rings (SSSR count). The second-order valence-electron chi connectivity index (χ2n) is 4.70. The van der Waals surface area contributed by atoms with Crippen molar-refractivity contribution in [2.75, 3.05) is 11.4 Å². The minimum atomic E-state index is 0.292. The lowest BCUT2D eigenvalue weighted by molar-refractivity contribution is -0.119. The zero-order valence-corrected chi connectivity index (χ0v) is 10.3. The first-order valence-corrected chi connectivity index (χ1v) is 6.01. The van der Waals surface area contributed by atoms with Crippen LogP contribution in [0.25, 0.3) is 0 Å². The van der Waals surface area contributed by atoms with E-state index >= 15 is 0 Å². The monoisotopic (exact) mass is 217 g/mol. The molecule has 0 radical (unpaired) electrons. The Kier molecular flexibility index (Phi) is 2.99. The van der Waals surface area contributed by atoms with Crippen LogP contribution in [0.5, 0.6) is 0 Å². The number of anilines is 1. The van der Waals surface area contributed by atoms with E-state index in [2.05, 4.69) is 32.0 Å². The Hall–Kier alpha value is -1.31. The highest BCUT2D eigenvalue weighted by Crippen LogP contribution is 2.33. The van der Waals surface area contributed by atoms with Gasteiger partial charge in [0, 0.05) is 18.2 Å². The van der Waals surface area contributed by atoms with Crippen LogP contribution >= 0.6 is 0 Å². The molecule has 0 saturated heterocycles. The molecule has 2 heteroatoms. The molecule has 1 aliphatic carbocycles. The van der Waals surface area contributed by atoms with E-state index in [1.165, 1.54) is 11.1 Å². The van der Waals surface area contributed by atoms with Gasteiger partial charge in [0.2, 0.25) is 5.91 Å². The molecule has 0 unspecified atom stereocenters. The van der Waals surface area contributed by atoms with Gasteiger partial charge >= 0.3 is 0 Å². The van der Waals surface area contributed by atoms with Gasteiger partial charge in [-0.2, -0.15) is 0 Å². The predicted molar refractivity (Wildman–Crippen MR) is 66.7 cm³/mol. The summed E-state index contributed by atoms with van der Waals surface area (Å²) >= 11 is 0. The Bertz CT molecular complexity index is 387. The molecule has 86 valence electrons. The van der Waals surface area contributed by atoms with Crippen LogP contribution in [0.1, 0.15) is 30.9 Å². The normalized spacial score (nSPS) is 14.9. The minimum Gasteiger partial charge on any atom is -0.312 e. The molecule has 1 fully saturated rings. The number of nitrogens with zero attached hydrogens (tertiary/aromatic N) is 1. The van der Waals surface area contributed by atoms with Crippen LogP contribution in [0.3, 0.4) is 0 Å². The molecule has 16 heavy (non-hydrogen) atoms. The van der Waals surface area contributed by atoms with Gasteiger partial charge in [-0.1, -0.05) is 6.07 Å². The second-order valence-corrected chi connectivity index (χ2v) is 4.70. The molecular formula is C14H19NO. The summed E-state index contributed by atoms with van der Waals surface area (Å²) in [6.07, 6.45) is 2.14. The van der Waals surface area contributed by atoms with Gasteiger partial charge in [0.25, 0.3) is 0 Å². The van der Waals surface area contributed by atoms with E-state index in [4.69, 9.17) is 0 Å². The van der Waals surface area contributed by atoms with Crippen LogP contribution in [-0.4, -0.2) is 12.5 Å². The van der Waals surface area contributed by atoms with E-state index in [0.29, 0.717) is 11.8 Å². The zero-order valence-electron chi connectivity index (χ0n) is 10.3. The number of amides is 1. The molecule has 0 bridgehead atoms. The van der Waals surface area contributed by atoms with Crippen molar-refractivity contribution in [3.05, 3.63) is 29.3 Å². The van der Waals surface area contributed by atoms with Crippen LogP contribution in [0.4, 0.5) is 5.69 Å². The van der Waals surface area contributed by atoms with Gasteiger partial charge in [0.15, 0.2) is 0 Å². The first-order valence-electron chi connectivity index (χ1n) is 6.01. The Morgan fingerprint density at radius 3 is 2.25 bits per heavy atom.